The average Bonchev–Trinajstić information content (AvgIpc) is 3.23. The molecule has 0 spiro atoms. The molecule has 1 amide bonds. The molecule has 3 aromatic rings. The van der Waals surface area contributed by atoms with Crippen molar-refractivity contribution in [2.24, 2.45) is 7.05 Å². The van der Waals surface area contributed by atoms with Gasteiger partial charge in [-0.25, -0.2) is 8.42 Å². The van der Waals surface area contributed by atoms with Crippen molar-refractivity contribution in [1.82, 2.24) is 19.0 Å². The van der Waals surface area contributed by atoms with Crippen LogP contribution in [0.4, 0.5) is 0 Å². The molecule has 0 aliphatic carbocycles. The third kappa shape index (κ3) is 3.15. The Balaban J connectivity index is 1.48. The molecular weight excluding hydrogens is 384 g/mol. The van der Waals surface area contributed by atoms with Crippen LogP contribution in [-0.4, -0.2) is 59.5 Å². The van der Waals surface area contributed by atoms with Gasteiger partial charge in [-0.15, -0.1) is 11.3 Å². The van der Waals surface area contributed by atoms with E-state index in [1.807, 2.05) is 20.0 Å². The number of hydrogen-bond acceptors (Lipinski definition) is 5. The second-order valence-corrected chi connectivity index (χ2v) is 9.52. The molecular formula is C18H20N4O3S2. The van der Waals surface area contributed by atoms with Crippen molar-refractivity contribution in [3.8, 4) is 0 Å². The number of piperazine rings is 1. The zero-order chi connectivity index (χ0) is 19.2. The summed E-state index contributed by atoms with van der Waals surface area (Å²) in [5.74, 6) is -0.0487. The van der Waals surface area contributed by atoms with Gasteiger partial charge in [0.2, 0.25) is 10.0 Å². The lowest BCUT2D eigenvalue weighted by Crippen LogP contribution is -2.50. The van der Waals surface area contributed by atoms with Gasteiger partial charge in [0.1, 0.15) is 4.83 Å². The van der Waals surface area contributed by atoms with Crippen molar-refractivity contribution in [1.29, 1.82) is 0 Å². The SMILES string of the molecule is Cc1nn(C)c2sc(C(=O)N3CCN(S(=O)(=O)c4ccccc4)CC3)cc12. The van der Waals surface area contributed by atoms with E-state index in [1.165, 1.54) is 15.6 Å². The molecule has 27 heavy (non-hydrogen) atoms. The maximum atomic E-state index is 12.9. The average molecular weight is 405 g/mol. The number of hydrogen-bond donors (Lipinski definition) is 0. The van der Waals surface area contributed by atoms with Gasteiger partial charge in [-0.2, -0.15) is 9.40 Å². The number of thiophene rings is 1. The van der Waals surface area contributed by atoms with E-state index >= 15 is 0 Å². The fourth-order valence-electron chi connectivity index (χ4n) is 3.34. The zero-order valence-electron chi connectivity index (χ0n) is 15.1. The van der Waals surface area contributed by atoms with Gasteiger partial charge in [-0.3, -0.25) is 9.48 Å². The fraction of sp³-hybridized carbons (Fsp3) is 0.333. The van der Waals surface area contributed by atoms with Crippen molar-refractivity contribution in [2.75, 3.05) is 26.2 Å². The van der Waals surface area contributed by atoms with Gasteiger partial charge in [0.25, 0.3) is 5.91 Å². The number of carbonyl (C=O) groups excluding carboxylic acids is 1. The van der Waals surface area contributed by atoms with Gasteiger partial charge in [-0.05, 0) is 25.1 Å². The first-order valence-electron chi connectivity index (χ1n) is 8.65. The Bertz CT molecular complexity index is 1060. The number of benzene rings is 1. The van der Waals surface area contributed by atoms with Crippen LogP contribution in [0.5, 0.6) is 0 Å². The number of nitrogens with zero attached hydrogens (tertiary/aromatic N) is 4. The minimum absolute atomic E-state index is 0.0487. The second kappa shape index (κ2) is 6.74. The molecule has 0 bridgehead atoms. The van der Waals surface area contributed by atoms with Crippen LogP contribution >= 0.6 is 11.3 Å². The van der Waals surface area contributed by atoms with Gasteiger partial charge in [0, 0.05) is 38.6 Å². The Hall–Kier alpha value is -2.23. The number of amides is 1. The first-order valence-corrected chi connectivity index (χ1v) is 10.9. The molecule has 142 valence electrons. The van der Waals surface area contributed by atoms with Crippen LogP contribution in [0.15, 0.2) is 41.3 Å². The molecule has 4 rings (SSSR count). The van der Waals surface area contributed by atoms with Crippen LogP contribution in [0.1, 0.15) is 15.4 Å². The van der Waals surface area contributed by atoms with Crippen LogP contribution in [-0.2, 0) is 17.1 Å². The zero-order valence-corrected chi connectivity index (χ0v) is 16.8. The third-order valence-electron chi connectivity index (χ3n) is 4.81. The van der Waals surface area contributed by atoms with E-state index in [0.29, 0.717) is 31.1 Å². The molecule has 3 heterocycles. The summed E-state index contributed by atoms with van der Waals surface area (Å²) in [6, 6.07) is 10.3. The van der Waals surface area contributed by atoms with Gasteiger partial charge in [0.05, 0.1) is 15.5 Å². The topological polar surface area (TPSA) is 75.5 Å². The molecule has 7 nitrogen and oxygen atoms in total. The molecule has 1 aromatic carbocycles. The van der Waals surface area contributed by atoms with E-state index in [-0.39, 0.29) is 10.8 Å². The van der Waals surface area contributed by atoms with Crippen molar-refractivity contribution >= 4 is 37.5 Å². The van der Waals surface area contributed by atoms with E-state index in [1.54, 1.807) is 39.9 Å². The molecule has 1 aliphatic heterocycles. The highest BCUT2D eigenvalue weighted by Crippen LogP contribution is 2.29. The molecule has 0 atom stereocenters. The second-order valence-electron chi connectivity index (χ2n) is 6.55. The smallest absolute Gasteiger partial charge is 0.264 e. The van der Waals surface area contributed by atoms with Crippen molar-refractivity contribution in [3.05, 3.63) is 47.0 Å². The highest BCUT2D eigenvalue weighted by Gasteiger charge is 2.31. The summed E-state index contributed by atoms with van der Waals surface area (Å²) in [7, 11) is -1.64. The number of aryl methyl sites for hydroxylation is 2. The number of fused-ring (bicyclic) bond motifs is 1. The standard InChI is InChI=1S/C18H20N4O3S2/c1-13-15-12-16(26-18(15)20(2)19-13)17(23)21-8-10-22(11-9-21)27(24,25)14-6-4-3-5-7-14/h3-7,12H,8-11H2,1-2H3. The maximum Gasteiger partial charge on any atom is 0.264 e. The first kappa shape index (κ1) is 18.1. The van der Waals surface area contributed by atoms with E-state index in [2.05, 4.69) is 5.10 Å². The summed E-state index contributed by atoms with van der Waals surface area (Å²) in [6.07, 6.45) is 0. The highest BCUT2D eigenvalue weighted by atomic mass is 32.2. The Morgan fingerprint density at radius 3 is 2.41 bits per heavy atom. The molecule has 0 saturated carbocycles. The van der Waals surface area contributed by atoms with Crippen molar-refractivity contribution in [2.45, 2.75) is 11.8 Å². The summed E-state index contributed by atoms with van der Waals surface area (Å²) < 4.78 is 28.7. The van der Waals surface area contributed by atoms with Gasteiger partial charge in [-0.1, -0.05) is 18.2 Å². The lowest BCUT2D eigenvalue weighted by atomic mass is 10.3. The minimum atomic E-state index is -3.51. The fourth-order valence-corrected chi connectivity index (χ4v) is 5.87. The quantitative estimate of drug-likeness (QED) is 0.670. The minimum Gasteiger partial charge on any atom is -0.335 e. The van der Waals surface area contributed by atoms with E-state index in [4.69, 9.17) is 0 Å². The number of aromatic nitrogens is 2. The summed E-state index contributed by atoms with van der Waals surface area (Å²) in [4.78, 5) is 16.5. The summed E-state index contributed by atoms with van der Waals surface area (Å²) in [6.45, 7) is 3.30. The monoisotopic (exact) mass is 404 g/mol. The molecule has 0 radical (unpaired) electrons. The van der Waals surface area contributed by atoms with Crippen molar-refractivity contribution in [3.63, 3.8) is 0 Å². The number of rotatable bonds is 3. The Kier molecular flexibility index (Phi) is 4.53. The lowest BCUT2D eigenvalue weighted by molar-refractivity contribution is 0.0703. The molecule has 1 saturated heterocycles. The van der Waals surface area contributed by atoms with Gasteiger partial charge in [0.15, 0.2) is 0 Å². The summed E-state index contributed by atoms with van der Waals surface area (Å²) in [5.41, 5.74) is 0.904. The molecule has 9 heteroatoms. The predicted molar refractivity (Wildman–Crippen MR) is 104 cm³/mol. The molecule has 0 N–H and O–H groups in total. The van der Waals surface area contributed by atoms with Crippen LogP contribution in [0.2, 0.25) is 0 Å². The Morgan fingerprint density at radius 2 is 1.78 bits per heavy atom. The van der Waals surface area contributed by atoms with Crippen LogP contribution in [0.3, 0.4) is 0 Å². The van der Waals surface area contributed by atoms with Crippen molar-refractivity contribution < 1.29 is 13.2 Å². The number of sulfonamides is 1. The summed E-state index contributed by atoms with van der Waals surface area (Å²) in [5, 5.41) is 5.35. The van der Waals surface area contributed by atoms with E-state index in [9.17, 15) is 13.2 Å². The van der Waals surface area contributed by atoms with Gasteiger partial charge >= 0.3 is 0 Å². The molecule has 1 aliphatic rings. The number of carbonyl (C=O) groups is 1. The molecule has 1 fully saturated rings. The first-order chi connectivity index (χ1) is 12.9. The van der Waals surface area contributed by atoms with E-state index < -0.39 is 10.0 Å². The Labute approximate surface area is 161 Å². The third-order valence-corrected chi connectivity index (χ3v) is 7.92. The maximum absolute atomic E-state index is 12.9. The molecule has 0 unspecified atom stereocenters. The predicted octanol–water partition coefficient (Wildman–Crippen LogP) is 2.09. The normalized spacial score (nSPS) is 16.1. The van der Waals surface area contributed by atoms with Crippen LogP contribution in [0, 0.1) is 6.92 Å². The van der Waals surface area contributed by atoms with E-state index in [0.717, 1.165) is 15.9 Å². The van der Waals surface area contributed by atoms with Crippen LogP contribution < -0.4 is 0 Å². The lowest BCUT2D eigenvalue weighted by Gasteiger charge is -2.33. The Morgan fingerprint density at radius 1 is 1.11 bits per heavy atom. The van der Waals surface area contributed by atoms with Crippen LogP contribution in [0.25, 0.3) is 10.2 Å². The molecule has 2 aromatic heterocycles. The largest absolute Gasteiger partial charge is 0.335 e. The highest BCUT2D eigenvalue weighted by molar-refractivity contribution is 7.89. The van der Waals surface area contributed by atoms with Gasteiger partial charge < -0.3 is 4.90 Å². The summed E-state index contributed by atoms with van der Waals surface area (Å²) >= 11 is 1.43.